The fourth-order valence-electron chi connectivity index (χ4n) is 2.37. The van der Waals surface area contributed by atoms with Crippen molar-refractivity contribution >= 4 is 0 Å². The molecular formula is C17H19F2N. The van der Waals surface area contributed by atoms with Crippen molar-refractivity contribution in [3.05, 3.63) is 71.3 Å². The molecule has 1 atom stereocenters. The van der Waals surface area contributed by atoms with Crippen molar-refractivity contribution in [3.8, 4) is 0 Å². The largest absolute Gasteiger partial charge is 0.325 e. The molecule has 2 aromatic carbocycles. The number of hydrogen-bond donors (Lipinski definition) is 1. The quantitative estimate of drug-likeness (QED) is 0.881. The topological polar surface area (TPSA) is 26.0 Å². The van der Waals surface area contributed by atoms with Crippen LogP contribution in [0.25, 0.3) is 0 Å². The molecule has 2 rings (SSSR count). The van der Waals surface area contributed by atoms with Gasteiger partial charge in [-0.2, -0.15) is 0 Å². The Balaban J connectivity index is 2.16. The summed E-state index contributed by atoms with van der Waals surface area (Å²) in [6, 6.07) is 14.0. The van der Waals surface area contributed by atoms with Gasteiger partial charge in [-0.25, -0.2) is 8.78 Å². The van der Waals surface area contributed by atoms with Gasteiger partial charge in [-0.3, -0.25) is 0 Å². The van der Waals surface area contributed by atoms with Crippen LogP contribution in [0, 0.1) is 11.6 Å². The van der Waals surface area contributed by atoms with E-state index in [9.17, 15) is 8.78 Å². The van der Waals surface area contributed by atoms with Gasteiger partial charge in [-0.15, -0.1) is 0 Å². The molecule has 0 aromatic heterocycles. The molecule has 2 N–H and O–H groups in total. The summed E-state index contributed by atoms with van der Waals surface area (Å²) in [5, 5.41) is 0. The van der Waals surface area contributed by atoms with Gasteiger partial charge in [0.15, 0.2) is 11.6 Å². The summed E-state index contributed by atoms with van der Waals surface area (Å²) in [5.74, 6) is -1.64. The minimum absolute atomic E-state index is 0.453. The SMILES string of the molecule is CCC(N)(Cc1ccccc1)Cc1ccc(F)c(F)c1. The van der Waals surface area contributed by atoms with E-state index in [0.29, 0.717) is 12.8 Å². The van der Waals surface area contributed by atoms with E-state index < -0.39 is 17.2 Å². The van der Waals surface area contributed by atoms with Crippen LogP contribution in [0.3, 0.4) is 0 Å². The number of halogens is 2. The Hall–Kier alpha value is -1.74. The van der Waals surface area contributed by atoms with E-state index in [2.05, 4.69) is 0 Å². The normalized spacial score (nSPS) is 14.0. The predicted molar refractivity (Wildman–Crippen MR) is 77.4 cm³/mol. The molecular weight excluding hydrogens is 256 g/mol. The molecule has 3 heteroatoms. The first-order valence-electron chi connectivity index (χ1n) is 6.79. The van der Waals surface area contributed by atoms with Crippen LogP contribution in [0.1, 0.15) is 24.5 Å². The molecule has 0 saturated heterocycles. The fourth-order valence-corrected chi connectivity index (χ4v) is 2.37. The zero-order chi connectivity index (χ0) is 14.6. The van der Waals surface area contributed by atoms with E-state index in [4.69, 9.17) is 5.73 Å². The first-order chi connectivity index (χ1) is 9.52. The molecule has 2 aromatic rings. The van der Waals surface area contributed by atoms with Crippen molar-refractivity contribution in [3.63, 3.8) is 0 Å². The summed E-state index contributed by atoms with van der Waals surface area (Å²) in [7, 11) is 0. The fraction of sp³-hybridized carbons (Fsp3) is 0.294. The van der Waals surface area contributed by atoms with Crippen LogP contribution in [-0.4, -0.2) is 5.54 Å². The first-order valence-corrected chi connectivity index (χ1v) is 6.79. The molecule has 20 heavy (non-hydrogen) atoms. The molecule has 1 unspecified atom stereocenters. The van der Waals surface area contributed by atoms with Crippen molar-refractivity contribution in [2.24, 2.45) is 5.73 Å². The van der Waals surface area contributed by atoms with Crippen molar-refractivity contribution < 1.29 is 8.78 Å². The second-order valence-electron chi connectivity index (χ2n) is 5.30. The zero-order valence-corrected chi connectivity index (χ0v) is 11.6. The minimum Gasteiger partial charge on any atom is -0.325 e. The van der Waals surface area contributed by atoms with Crippen LogP contribution in [0.15, 0.2) is 48.5 Å². The molecule has 1 nitrogen and oxygen atoms in total. The summed E-state index contributed by atoms with van der Waals surface area (Å²) in [6.07, 6.45) is 2.00. The highest BCUT2D eigenvalue weighted by Crippen LogP contribution is 2.21. The second kappa shape index (κ2) is 6.14. The van der Waals surface area contributed by atoms with Gasteiger partial charge in [0.2, 0.25) is 0 Å². The van der Waals surface area contributed by atoms with Crippen molar-refractivity contribution in [2.45, 2.75) is 31.7 Å². The van der Waals surface area contributed by atoms with Crippen LogP contribution in [0.5, 0.6) is 0 Å². The average molecular weight is 275 g/mol. The zero-order valence-electron chi connectivity index (χ0n) is 11.6. The molecule has 0 amide bonds. The Morgan fingerprint density at radius 1 is 0.900 bits per heavy atom. The van der Waals surface area contributed by atoms with Crippen molar-refractivity contribution in [1.29, 1.82) is 0 Å². The maximum absolute atomic E-state index is 13.3. The van der Waals surface area contributed by atoms with Gasteiger partial charge in [0.25, 0.3) is 0 Å². The summed E-state index contributed by atoms with van der Waals surface area (Å²) < 4.78 is 26.2. The third-order valence-electron chi connectivity index (χ3n) is 3.64. The van der Waals surface area contributed by atoms with Gasteiger partial charge < -0.3 is 5.73 Å². The molecule has 0 fully saturated rings. The minimum atomic E-state index is -0.823. The lowest BCUT2D eigenvalue weighted by atomic mass is 9.83. The molecule has 106 valence electrons. The Morgan fingerprint density at radius 2 is 1.55 bits per heavy atom. The van der Waals surface area contributed by atoms with Crippen LogP contribution in [0.4, 0.5) is 8.78 Å². The molecule has 0 aliphatic carbocycles. The van der Waals surface area contributed by atoms with E-state index >= 15 is 0 Å². The monoisotopic (exact) mass is 275 g/mol. The highest BCUT2D eigenvalue weighted by Gasteiger charge is 2.24. The van der Waals surface area contributed by atoms with Gasteiger partial charge in [-0.1, -0.05) is 43.3 Å². The molecule has 0 heterocycles. The lowest BCUT2D eigenvalue weighted by molar-refractivity contribution is 0.402. The standard InChI is InChI=1S/C17H19F2N/c1-2-17(20,11-13-6-4-3-5-7-13)12-14-8-9-15(18)16(19)10-14/h3-10H,2,11-12,20H2,1H3. The Morgan fingerprint density at radius 3 is 2.15 bits per heavy atom. The van der Waals surface area contributed by atoms with E-state index in [-0.39, 0.29) is 0 Å². The summed E-state index contributed by atoms with van der Waals surface area (Å²) >= 11 is 0. The maximum atomic E-state index is 13.3. The Labute approximate surface area is 118 Å². The van der Waals surface area contributed by atoms with Crippen molar-refractivity contribution in [1.82, 2.24) is 0 Å². The number of hydrogen-bond acceptors (Lipinski definition) is 1. The van der Waals surface area contributed by atoms with Gasteiger partial charge in [0, 0.05) is 5.54 Å². The molecule has 0 spiro atoms. The van der Waals surface area contributed by atoms with Gasteiger partial charge in [0.1, 0.15) is 0 Å². The van der Waals surface area contributed by atoms with Crippen LogP contribution < -0.4 is 5.73 Å². The lowest BCUT2D eigenvalue weighted by Gasteiger charge is -2.28. The smallest absolute Gasteiger partial charge is 0.159 e. The van der Waals surface area contributed by atoms with E-state index in [0.717, 1.165) is 23.6 Å². The van der Waals surface area contributed by atoms with E-state index in [1.165, 1.54) is 6.07 Å². The first kappa shape index (κ1) is 14.7. The highest BCUT2D eigenvalue weighted by atomic mass is 19.2. The number of nitrogens with two attached hydrogens (primary N) is 1. The van der Waals surface area contributed by atoms with Gasteiger partial charge >= 0.3 is 0 Å². The van der Waals surface area contributed by atoms with Crippen molar-refractivity contribution in [2.75, 3.05) is 0 Å². The van der Waals surface area contributed by atoms with E-state index in [1.54, 1.807) is 6.07 Å². The lowest BCUT2D eigenvalue weighted by Crippen LogP contribution is -2.43. The van der Waals surface area contributed by atoms with Crippen LogP contribution in [-0.2, 0) is 12.8 Å². The van der Waals surface area contributed by atoms with Crippen LogP contribution >= 0.6 is 0 Å². The molecule has 0 saturated carbocycles. The average Bonchev–Trinajstić information content (AvgIpc) is 2.44. The third-order valence-corrected chi connectivity index (χ3v) is 3.64. The van der Waals surface area contributed by atoms with Gasteiger partial charge in [-0.05, 0) is 42.5 Å². The summed E-state index contributed by atoms with van der Waals surface area (Å²) in [5.41, 5.74) is 7.86. The number of rotatable bonds is 5. The third kappa shape index (κ3) is 3.64. The number of benzene rings is 2. The predicted octanol–water partition coefficient (Wildman–Crippen LogP) is 3.86. The highest BCUT2D eigenvalue weighted by molar-refractivity contribution is 5.23. The molecule has 0 bridgehead atoms. The Kier molecular flexibility index (Phi) is 4.50. The summed E-state index contributed by atoms with van der Waals surface area (Å²) in [4.78, 5) is 0. The second-order valence-corrected chi connectivity index (χ2v) is 5.30. The maximum Gasteiger partial charge on any atom is 0.159 e. The van der Waals surface area contributed by atoms with Crippen LogP contribution in [0.2, 0.25) is 0 Å². The van der Waals surface area contributed by atoms with E-state index in [1.807, 2.05) is 37.3 Å². The molecule has 0 aliphatic heterocycles. The summed E-state index contributed by atoms with van der Waals surface area (Å²) in [6.45, 7) is 2.02. The molecule has 0 radical (unpaired) electrons. The van der Waals surface area contributed by atoms with Gasteiger partial charge in [0.05, 0.1) is 0 Å². The Bertz CT molecular complexity index is 568. The molecule has 0 aliphatic rings.